The molecule has 2 rings (SSSR count). The first kappa shape index (κ1) is 20.2. The summed E-state index contributed by atoms with van der Waals surface area (Å²) < 4.78 is 0. The molecule has 2 aromatic heterocycles. The van der Waals surface area contributed by atoms with Crippen LogP contribution in [0.25, 0.3) is 0 Å². The largest absolute Gasteiger partial charge is 0.392 e. The maximum absolute atomic E-state index is 8.79. The average molecular weight is 454 g/mol. The molecular formula is C16H14Br2N4O2. The van der Waals surface area contributed by atoms with Gasteiger partial charge in [0.05, 0.1) is 24.6 Å². The Morgan fingerprint density at radius 3 is 1.75 bits per heavy atom. The highest BCUT2D eigenvalue weighted by molar-refractivity contribution is 9.09. The Labute approximate surface area is 156 Å². The number of halogens is 2. The predicted octanol–water partition coefficient (Wildman–Crippen LogP) is 2.68. The molecule has 0 saturated carbocycles. The number of pyridine rings is 2. The van der Waals surface area contributed by atoms with Gasteiger partial charge in [0.25, 0.3) is 0 Å². The third-order valence-electron chi connectivity index (χ3n) is 2.96. The van der Waals surface area contributed by atoms with Gasteiger partial charge >= 0.3 is 0 Å². The van der Waals surface area contributed by atoms with Crippen molar-refractivity contribution >= 4 is 31.9 Å². The van der Waals surface area contributed by atoms with Crippen molar-refractivity contribution in [3.8, 4) is 12.1 Å². The molecule has 24 heavy (non-hydrogen) atoms. The minimum absolute atomic E-state index is 0.172. The van der Waals surface area contributed by atoms with Crippen LogP contribution in [0.5, 0.6) is 0 Å². The van der Waals surface area contributed by atoms with E-state index in [9.17, 15) is 0 Å². The lowest BCUT2D eigenvalue weighted by atomic mass is 10.2. The number of rotatable bonds is 4. The van der Waals surface area contributed by atoms with Crippen molar-refractivity contribution in [3.63, 3.8) is 0 Å². The molecule has 0 spiro atoms. The van der Waals surface area contributed by atoms with Gasteiger partial charge in [-0.2, -0.15) is 10.5 Å². The highest BCUT2D eigenvalue weighted by Crippen LogP contribution is 2.14. The fourth-order valence-corrected chi connectivity index (χ4v) is 2.70. The third kappa shape index (κ3) is 5.66. The Bertz CT molecular complexity index is 704. The topological polar surface area (TPSA) is 114 Å². The van der Waals surface area contributed by atoms with Crippen molar-refractivity contribution in [2.24, 2.45) is 0 Å². The van der Waals surface area contributed by atoms with Crippen LogP contribution in [0.2, 0.25) is 0 Å². The van der Waals surface area contributed by atoms with Gasteiger partial charge in [0.1, 0.15) is 23.5 Å². The van der Waals surface area contributed by atoms with Crippen LogP contribution >= 0.6 is 31.9 Å². The Morgan fingerprint density at radius 2 is 1.33 bits per heavy atom. The lowest BCUT2D eigenvalue weighted by Gasteiger charge is -2.02. The van der Waals surface area contributed by atoms with Crippen LogP contribution in [0.4, 0.5) is 0 Å². The molecule has 2 N–H and O–H groups in total. The van der Waals surface area contributed by atoms with Gasteiger partial charge in [-0.05, 0) is 17.7 Å². The summed E-state index contributed by atoms with van der Waals surface area (Å²) in [6.45, 7) is -0.431. The number of hydrogen-bond donors (Lipinski definition) is 2. The third-order valence-corrected chi connectivity index (χ3v) is 4.09. The first-order valence-corrected chi connectivity index (χ1v) is 8.99. The van der Waals surface area contributed by atoms with E-state index in [2.05, 4.69) is 41.8 Å². The SMILES string of the molecule is N#Cc1ccc(CBr)c(CBr)n1.N#Cc1ccc(CO)c(CO)n1. The standard InChI is InChI=1S/C8H6Br2N2.C8H8N2O2/c9-3-6-1-2-7(5-11)12-8(6)4-10;9-3-7-2-1-6(4-11)8(5-12)10-7/h1-2H,3-4H2;1-2,11-12H,4-5H2. The van der Waals surface area contributed by atoms with Crippen LogP contribution in [0.15, 0.2) is 24.3 Å². The molecule has 0 atom stereocenters. The molecule has 0 bridgehead atoms. The maximum atomic E-state index is 8.79. The molecule has 2 heterocycles. The second-order valence-corrected chi connectivity index (χ2v) is 5.53. The van der Waals surface area contributed by atoms with Gasteiger partial charge in [0.15, 0.2) is 0 Å². The zero-order valence-corrected chi connectivity index (χ0v) is 15.7. The van der Waals surface area contributed by atoms with Crippen molar-refractivity contribution in [3.05, 3.63) is 58.2 Å². The minimum Gasteiger partial charge on any atom is -0.392 e. The molecule has 0 aliphatic heterocycles. The Balaban J connectivity index is 0.000000240. The van der Waals surface area contributed by atoms with Gasteiger partial charge in [-0.1, -0.05) is 44.0 Å². The molecule has 8 heteroatoms. The lowest BCUT2D eigenvalue weighted by molar-refractivity contribution is 0.255. The van der Waals surface area contributed by atoms with E-state index >= 15 is 0 Å². The van der Waals surface area contributed by atoms with E-state index in [1.165, 1.54) is 6.07 Å². The smallest absolute Gasteiger partial charge is 0.140 e. The van der Waals surface area contributed by atoms with E-state index in [0.29, 0.717) is 22.3 Å². The number of aromatic nitrogens is 2. The Hall–Kier alpha value is -1.84. The second kappa shape index (κ2) is 10.8. The average Bonchev–Trinajstić information content (AvgIpc) is 2.67. The van der Waals surface area contributed by atoms with Crippen LogP contribution in [-0.4, -0.2) is 20.2 Å². The molecule has 124 valence electrons. The van der Waals surface area contributed by atoms with Crippen molar-refractivity contribution in [2.45, 2.75) is 23.9 Å². The number of nitriles is 2. The van der Waals surface area contributed by atoms with E-state index in [0.717, 1.165) is 16.6 Å². The molecule has 0 fully saturated rings. The first-order valence-electron chi connectivity index (χ1n) is 6.74. The van der Waals surface area contributed by atoms with E-state index in [4.69, 9.17) is 20.7 Å². The fourth-order valence-electron chi connectivity index (χ4n) is 1.70. The highest BCUT2D eigenvalue weighted by Gasteiger charge is 2.03. The summed E-state index contributed by atoms with van der Waals surface area (Å²) in [6, 6.07) is 10.6. The van der Waals surface area contributed by atoms with Gasteiger partial charge in [-0.25, -0.2) is 9.97 Å². The van der Waals surface area contributed by atoms with Crippen molar-refractivity contribution in [1.29, 1.82) is 10.5 Å². The Morgan fingerprint density at radius 1 is 0.792 bits per heavy atom. The summed E-state index contributed by atoms with van der Waals surface area (Å²) in [7, 11) is 0. The number of alkyl halides is 2. The molecule has 0 amide bonds. The Kier molecular flexibility index (Phi) is 9.13. The summed E-state index contributed by atoms with van der Waals surface area (Å²) >= 11 is 6.67. The number of aliphatic hydroxyl groups is 2. The van der Waals surface area contributed by atoms with Crippen molar-refractivity contribution in [2.75, 3.05) is 0 Å². The van der Waals surface area contributed by atoms with E-state index in [1.807, 2.05) is 18.2 Å². The second-order valence-electron chi connectivity index (χ2n) is 4.41. The van der Waals surface area contributed by atoms with Crippen LogP contribution in [0, 0.1) is 22.7 Å². The van der Waals surface area contributed by atoms with Crippen LogP contribution in [-0.2, 0) is 23.9 Å². The lowest BCUT2D eigenvalue weighted by Crippen LogP contribution is -1.99. The fraction of sp³-hybridized carbons (Fsp3) is 0.250. The van der Waals surface area contributed by atoms with E-state index in [1.54, 1.807) is 12.1 Å². The molecule has 2 aromatic rings. The summed E-state index contributed by atoms with van der Waals surface area (Å²) in [4.78, 5) is 7.95. The maximum Gasteiger partial charge on any atom is 0.140 e. The molecule has 6 nitrogen and oxygen atoms in total. The molecule has 0 unspecified atom stereocenters. The molecule has 0 aromatic carbocycles. The number of hydrogen-bond acceptors (Lipinski definition) is 6. The monoisotopic (exact) mass is 452 g/mol. The molecule has 0 saturated heterocycles. The van der Waals surface area contributed by atoms with Crippen LogP contribution in [0.1, 0.15) is 33.9 Å². The summed E-state index contributed by atoms with van der Waals surface area (Å²) in [6.07, 6.45) is 0. The number of nitrogens with zero attached hydrogens (tertiary/aromatic N) is 4. The zero-order valence-electron chi connectivity index (χ0n) is 12.6. The molecule has 0 aliphatic carbocycles. The van der Waals surface area contributed by atoms with Gasteiger partial charge in [0.2, 0.25) is 0 Å². The molecule has 0 aliphatic rings. The van der Waals surface area contributed by atoms with Gasteiger partial charge < -0.3 is 10.2 Å². The number of aliphatic hydroxyl groups excluding tert-OH is 2. The zero-order chi connectivity index (χ0) is 17.9. The van der Waals surface area contributed by atoms with E-state index in [-0.39, 0.29) is 18.9 Å². The highest BCUT2D eigenvalue weighted by atomic mass is 79.9. The summed E-state index contributed by atoms with van der Waals surface area (Å²) in [5, 5.41) is 36.1. The molecule has 0 radical (unpaired) electrons. The van der Waals surface area contributed by atoms with Gasteiger partial charge in [-0.15, -0.1) is 0 Å². The van der Waals surface area contributed by atoms with Gasteiger partial charge in [-0.3, -0.25) is 0 Å². The normalized spacial score (nSPS) is 9.42. The minimum atomic E-state index is -0.259. The summed E-state index contributed by atoms with van der Waals surface area (Å²) in [5.41, 5.74) is 3.66. The van der Waals surface area contributed by atoms with Crippen LogP contribution in [0.3, 0.4) is 0 Å². The van der Waals surface area contributed by atoms with Crippen LogP contribution < -0.4 is 0 Å². The molecular weight excluding hydrogens is 440 g/mol. The van der Waals surface area contributed by atoms with Crippen molar-refractivity contribution < 1.29 is 10.2 Å². The van der Waals surface area contributed by atoms with E-state index < -0.39 is 0 Å². The van der Waals surface area contributed by atoms with Gasteiger partial charge in [0, 0.05) is 16.2 Å². The predicted molar refractivity (Wildman–Crippen MR) is 95.0 cm³/mol. The van der Waals surface area contributed by atoms with Crippen molar-refractivity contribution in [1.82, 2.24) is 9.97 Å². The quantitative estimate of drug-likeness (QED) is 0.688. The summed E-state index contributed by atoms with van der Waals surface area (Å²) in [5.74, 6) is 0. The first-order chi connectivity index (χ1) is 11.6.